The van der Waals surface area contributed by atoms with Crippen molar-refractivity contribution in [3.63, 3.8) is 0 Å². The molecule has 1 aromatic rings. The quantitative estimate of drug-likeness (QED) is 0.566. The molecule has 0 saturated carbocycles. The van der Waals surface area contributed by atoms with Gasteiger partial charge in [-0.3, -0.25) is 0 Å². The fourth-order valence-corrected chi connectivity index (χ4v) is 2.54. The van der Waals surface area contributed by atoms with E-state index in [2.05, 4.69) is 16.3 Å². The van der Waals surface area contributed by atoms with Crippen LogP contribution in [0.25, 0.3) is 6.08 Å². The van der Waals surface area contributed by atoms with Gasteiger partial charge in [0.05, 0.1) is 16.2 Å². The van der Waals surface area contributed by atoms with Crippen molar-refractivity contribution in [1.29, 1.82) is 0 Å². The van der Waals surface area contributed by atoms with Gasteiger partial charge in [0.1, 0.15) is 0 Å². The normalized spacial score (nSPS) is 13.8. The molecule has 0 spiro atoms. The Bertz CT molecular complexity index is 705. The van der Waals surface area contributed by atoms with Gasteiger partial charge < -0.3 is 0 Å². The van der Waals surface area contributed by atoms with E-state index in [-0.39, 0.29) is 17.3 Å². The summed E-state index contributed by atoms with van der Waals surface area (Å²) >= 11 is 0. The number of rotatable bonds is 4. The van der Waals surface area contributed by atoms with Gasteiger partial charge in [-0.05, 0) is 12.1 Å². The molecule has 0 bridgehead atoms. The van der Waals surface area contributed by atoms with Crippen molar-refractivity contribution < 1.29 is 18.2 Å². The summed E-state index contributed by atoms with van der Waals surface area (Å²) < 4.78 is 26.0. The highest BCUT2D eigenvalue weighted by Crippen LogP contribution is 2.02. The van der Waals surface area contributed by atoms with E-state index in [0.29, 0.717) is 10.6 Å². The van der Waals surface area contributed by atoms with Gasteiger partial charge in [-0.1, -0.05) is 6.08 Å². The number of nitrogens with one attached hydrogen (secondary N) is 2. The summed E-state index contributed by atoms with van der Waals surface area (Å²) in [4.78, 5) is 13.8. The zero-order valence-corrected chi connectivity index (χ0v) is 9.75. The fourth-order valence-electron chi connectivity index (χ4n) is 1.50. The molecule has 1 heterocycles. The van der Waals surface area contributed by atoms with Crippen LogP contribution in [0, 0.1) is 0 Å². The van der Waals surface area contributed by atoms with Crippen LogP contribution in [-0.4, -0.2) is 20.9 Å². The zero-order valence-electron chi connectivity index (χ0n) is 8.93. The number of benzene rings is 1. The molecule has 5 nitrogen and oxygen atoms in total. The highest BCUT2D eigenvalue weighted by Gasteiger charge is 2.16. The van der Waals surface area contributed by atoms with Crippen molar-refractivity contribution in [3.8, 4) is 0 Å². The smallest absolute Gasteiger partial charge is 0.215 e. The third kappa shape index (κ3) is 2.32. The molecule has 1 aliphatic rings. The molecule has 1 aliphatic heterocycles. The highest BCUT2D eigenvalue weighted by molar-refractivity contribution is 7.89. The predicted octanol–water partition coefficient (Wildman–Crippen LogP) is -2.83. The second kappa shape index (κ2) is 4.23. The molecule has 0 unspecified atom stereocenters. The van der Waals surface area contributed by atoms with E-state index < -0.39 is 10.0 Å². The first-order valence-electron chi connectivity index (χ1n) is 4.93. The standard InChI is InChI=1S/C11H10N2O3S/c1-2-5-12-17(15,16)9-3-4-10-8(6-9)7-11(14)13-10/h2-4,6-7,12H,1,5H2/p+1. The first-order valence-corrected chi connectivity index (χ1v) is 6.41. The van der Waals surface area contributed by atoms with E-state index in [1.54, 1.807) is 6.07 Å². The maximum absolute atomic E-state index is 11.8. The van der Waals surface area contributed by atoms with Crippen molar-refractivity contribution in [3.05, 3.63) is 41.4 Å². The minimum Gasteiger partial charge on any atom is -0.215 e. The van der Waals surface area contributed by atoms with Crippen LogP contribution in [0.3, 0.4) is 0 Å². The van der Waals surface area contributed by atoms with Crippen molar-refractivity contribution >= 4 is 22.0 Å². The van der Waals surface area contributed by atoms with Crippen LogP contribution in [0.5, 0.6) is 0 Å². The van der Waals surface area contributed by atoms with Gasteiger partial charge in [0.25, 0.3) is 0 Å². The van der Waals surface area contributed by atoms with Crippen LogP contribution >= 0.6 is 0 Å². The number of sulfonamides is 1. The monoisotopic (exact) mass is 251 g/mol. The molecule has 2 rings (SSSR count). The number of carbonyl (C=O) groups excluding carboxylic acids is 1. The SMILES string of the molecule is C=CCNS(=O)(=O)c1ccc2c(c1)=CC(=O)[NH+]=2. The van der Waals surface area contributed by atoms with E-state index >= 15 is 0 Å². The van der Waals surface area contributed by atoms with Crippen LogP contribution in [0.4, 0.5) is 0 Å². The summed E-state index contributed by atoms with van der Waals surface area (Å²) in [6, 6.07) is 4.47. The molecule has 0 radical (unpaired) electrons. The summed E-state index contributed by atoms with van der Waals surface area (Å²) in [5, 5.41) is 1.20. The predicted molar refractivity (Wildman–Crippen MR) is 60.6 cm³/mol. The number of hydrogen-bond donors (Lipinski definition) is 2. The van der Waals surface area contributed by atoms with Crippen LogP contribution in [0.15, 0.2) is 35.7 Å². The van der Waals surface area contributed by atoms with Crippen LogP contribution in [0.1, 0.15) is 0 Å². The summed E-state index contributed by atoms with van der Waals surface area (Å²) in [5.41, 5.74) is 0. The Morgan fingerprint density at radius 1 is 1.41 bits per heavy atom. The van der Waals surface area contributed by atoms with Crippen LogP contribution in [-0.2, 0) is 14.8 Å². The van der Waals surface area contributed by atoms with Crippen molar-refractivity contribution in [2.45, 2.75) is 4.90 Å². The third-order valence-corrected chi connectivity index (χ3v) is 3.72. The molecule has 0 aliphatic carbocycles. The second-order valence-electron chi connectivity index (χ2n) is 3.52. The Morgan fingerprint density at radius 2 is 2.18 bits per heavy atom. The van der Waals surface area contributed by atoms with E-state index in [4.69, 9.17) is 0 Å². The van der Waals surface area contributed by atoms with Gasteiger partial charge in [0, 0.05) is 12.6 Å². The van der Waals surface area contributed by atoms with Crippen LogP contribution in [0.2, 0.25) is 0 Å². The van der Waals surface area contributed by atoms with E-state index in [1.807, 2.05) is 0 Å². The summed E-state index contributed by atoms with van der Waals surface area (Å²) in [6.07, 6.45) is 2.82. The van der Waals surface area contributed by atoms with Crippen LogP contribution < -0.4 is 20.3 Å². The third-order valence-electron chi connectivity index (χ3n) is 2.30. The summed E-state index contributed by atoms with van der Waals surface area (Å²) in [6.45, 7) is 3.60. The Kier molecular flexibility index (Phi) is 2.91. The number of amides is 1. The van der Waals surface area contributed by atoms with Crippen molar-refractivity contribution in [2.75, 3.05) is 6.54 Å². The summed E-state index contributed by atoms with van der Waals surface area (Å²) in [5.74, 6) is -0.242. The van der Waals surface area contributed by atoms with Gasteiger partial charge in [-0.25, -0.2) is 17.9 Å². The Labute approximate surface area is 98.2 Å². The van der Waals surface area contributed by atoms with Gasteiger partial charge in [0.15, 0.2) is 0 Å². The zero-order chi connectivity index (χ0) is 12.5. The lowest BCUT2D eigenvalue weighted by Gasteiger charge is -2.02. The highest BCUT2D eigenvalue weighted by atomic mass is 32.2. The van der Waals surface area contributed by atoms with E-state index in [1.165, 1.54) is 24.3 Å². The summed E-state index contributed by atoms with van der Waals surface area (Å²) in [7, 11) is -3.54. The van der Waals surface area contributed by atoms with E-state index in [9.17, 15) is 13.2 Å². The molecule has 1 aromatic carbocycles. The number of carbonyl (C=O) groups is 1. The Hall–Kier alpha value is -1.79. The van der Waals surface area contributed by atoms with Crippen molar-refractivity contribution in [1.82, 2.24) is 4.72 Å². The van der Waals surface area contributed by atoms with Crippen molar-refractivity contribution in [2.24, 2.45) is 0 Å². The van der Waals surface area contributed by atoms with E-state index in [0.717, 1.165) is 0 Å². The molecular formula is C11H11N2O3S+. The Morgan fingerprint density at radius 3 is 2.88 bits per heavy atom. The molecule has 0 atom stereocenters. The number of fused-ring (bicyclic) bond motifs is 1. The van der Waals surface area contributed by atoms with Gasteiger partial charge >= 0.3 is 5.91 Å². The minimum absolute atomic E-state index is 0.130. The topological polar surface area (TPSA) is 77.2 Å². The Balaban J connectivity index is 2.48. The molecule has 0 saturated heterocycles. The first-order chi connectivity index (χ1) is 8.03. The average molecular weight is 251 g/mol. The first kappa shape index (κ1) is 11.7. The molecule has 0 aromatic heterocycles. The van der Waals surface area contributed by atoms with Gasteiger partial charge in [-0.2, -0.15) is 4.99 Å². The lowest BCUT2D eigenvalue weighted by atomic mass is 10.3. The lowest BCUT2D eigenvalue weighted by molar-refractivity contribution is -0.406. The molecule has 17 heavy (non-hydrogen) atoms. The second-order valence-corrected chi connectivity index (χ2v) is 5.29. The minimum atomic E-state index is -3.54. The maximum atomic E-state index is 11.8. The van der Waals surface area contributed by atoms with Gasteiger partial charge in [0.2, 0.25) is 15.4 Å². The molecule has 88 valence electrons. The molecule has 0 fully saturated rings. The molecule has 1 amide bonds. The fraction of sp³-hybridized carbons (Fsp3) is 0.0909. The number of hydrogen-bond acceptors (Lipinski definition) is 3. The van der Waals surface area contributed by atoms with Gasteiger partial charge in [-0.15, -0.1) is 6.58 Å². The molecular weight excluding hydrogens is 240 g/mol. The molecule has 2 N–H and O–H groups in total. The average Bonchev–Trinajstić information content (AvgIpc) is 2.65. The largest absolute Gasteiger partial charge is 0.411 e. The molecule has 6 heteroatoms. The maximum Gasteiger partial charge on any atom is 0.411 e. The lowest BCUT2D eigenvalue weighted by Crippen LogP contribution is -2.79.